The van der Waals surface area contributed by atoms with Crippen LogP contribution >= 0.6 is 11.3 Å². The smallest absolute Gasteiger partial charge is 0.261 e. The van der Waals surface area contributed by atoms with E-state index in [0.29, 0.717) is 11.7 Å². The molecule has 2 aliphatic rings. The molecule has 2 aromatic rings. The quantitative estimate of drug-likeness (QED) is 0.942. The SMILES string of the molecule is COC1(c2noc(-c3c(N)sc4c3CCCC4)n2)CCC1. The zero-order chi connectivity index (χ0) is 14.4. The molecule has 0 radical (unpaired) electrons. The fourth-order valence-corrected chi connectivity index (χ4v) is 4.50. The summed E-state index contributed by atoms with van der Waals surface area (Å²) < 4.78 is 11.1. The van der Waals surface area contributed by atoms with Gasteiger partial charge in [0.25, 0.3) is 5.89 Å². The molecule has 5 nitrogen and oxygen atoms in total. The van der Waals surface area contributed by atoms with E-state index in [4.69, 9.17) is 15.0 Å². The van der Waals surface area contributed by atoms with Crippen molar-refractivity contribution in [3.05, 3.63) is 16.3 Å². The second-order valence-electron chi connectivity index (χ2n) is 5.93. The highest BCUT2D eigenvalue weighted by molar-refractivity contribution is 7.16. The fourth-order valence-electron chi connectivity index (χ4n) is 3.35. The minimum absolute atomic E-state index is 0.341. The van der Waals surface area contributed by atoms with E-state index in [9.17, 15) is 0 Å². The summed E-state index contributed by atoms with van der Waals surface area (Å²) in [6.45, 7) is 0. The second-order valence-corrected chi connectivity index (χ2v) is 7.06. The third kappa shape index (κ3) is 1.92. The predicted molar refractivity (Wildman–Crippen MR) is 81.2 cm³/mol. The summed E-state index contributed by atoms with van der Waals surface area (Å²) in [5.74, 6) is 1.23. The molecule has 21 heavy (non-hydrogen) atoms. The summed E-state index contributed by atoms with van der Waals surface area (Å²) in [6.07, 6.45) is 7.69. The first-order valence-electron chi connectivity index (χ1n) is 7.53. The van der Waals surface area contributed by atoms with Gasteiger partial charge in [0.05, 0.1) is 10.6 Å². The molecule has 2 aliphatic carbocycles. The Balaban J connectivity index is 1.75. The number of ether oxygens (including phenoxy) is 1. The van der Waals surface area contributed by atoms with Crippen molar-refractivity contribution in [2.24, 2.45) is 0 Å². The van der Waals surface area contributed by atoms with E-state index in [1.165, 1.54) is 23.3 Å². The molecule has 0 spiro atoms. The zero-order valence-corrected chi connectivity index (χ0v) is 13.0. The molecule has 2 N–H and O–H groups in total. The monoisotopic (exact) mass is 305 g/mol. The van der Waals surface area contributed by atoms with E-state index in [-0.39, 0.29) is 5.60 Å². The van der Waals surface area contributed by atoms with Gasteiger partial charge in [-0.1, -0.05) is 5.16 Å². The van der Waals surface area contributed by atoms with Gasteiger partial charge in [-0.15, -0.1) is 11.3 Å². The maximum atomic E-state index is 6.21. The van der Waals surface area contributed by atoms with Crippen LogP contribution in [-0.4, -0.2) is 17.3 Å². The number of thiophene rings is 1. The van der Waals surface area contributed by atoms with Gasteiger partial charge in [-0.25, -0.2) is 0 Å². The zero-order valence-electron chi connectivity index (χ0n) is 12.1. The molecule has 4 rings (SSSR count). The maximum Gasteiger partial charge on any atom is 0.261 e. The second kappa shape index (κ2) is 4.81. The molecular weight excluding hydrogens is 286 g/mol. The normalized spacial score (nSPS) is 20.0. The molecule has 0 aromatic carbocycles. The first-order chi connectivity index (χ1) is 10.2. The number of hydrogen-bond donors (Lipinski definition) is 1. The first kappa shape index (κ1) is 13.3. The molecule has 0 saturated heterocycles. The summed E-state index contributed by atoms with van der Waals surface area (Å²) in [5, 5.41) is 4.97. The van der Waals surface area contributed by atoms with Crippen LogP contribution in [0.2, 0.25) is 0 Å². The van der Waals surface area contributed by atoms with Crippen LogP contribution in [-0.2, 0) is 23.2 Å². The average molecular weight is 305 g/mol. The van der Waals surface area contributed by atoms with E-state index in [1.807, 2.05) is 0 Å². The number of hydrogen-bond acceptors (Lipinski definition) is 6. The van der Waals surface area contributed by atoms with E-state index in [2.05, 4.69) is 10.1 Å². The molecule has 0 unspecified atom stereocenters. The van der Waals surface area contributed by atoms with Gasteiger partial charge in [0, 0.05) is 12.0 Å². The van der Waals surface area contributed by atoms with Crippen LogP contribution in [0.25, 0.3) is 11.5 Å². The molecule has 2 heterocycles. The Kier molecular flexibility index (Phi) is 3.04. The minimum Gasteiger partial charge on any atom is -0.390 e. The molecule has 6 heteroatoms. The highest BCUT2D eigenvalue weighted by atomic mass is 32.1. The molecule has 112 valence electrons. The van der Waals surface area contributed by atoms with Crippen LogP contribution in [0.15, 0.2) is 4.52 Å². The number of aromatic nitrogens is 2. The standard InChI is InChI=1S/C15H19N3O2S/c1-19-15(7-4-8-15)14-17-13(20-18-14)11-9-5-2-3-6-10(9)21-12(11)16/h2-8,16H2,1H3. The van der Waals surface area contributed by atoms with Crippen molar-refractivity contribution in [2.75, 3.05) is 12.8 Å². The Morgan fingerprint density at radius 2 is 2.05 bits per heavy atom. The van der Waals surface area contributed by atoms with Crippen LogP contribution in [0.3, 0.4) is 0 Å². The summed E-state index contributed by atoms with van der Waals surface area (Å²) in [4.78, 5) is 6.00. The van der Waals surface area contributed by atoms with Gasteiger partial charge in [0.15, 0.2) is 0 Å². The lowest BCUT2D eigenvalue weighted by Crippen LogP contribution is -2.37. The van der Waals surface area contributed by atoms with Crippen molar-refractivity contribution in [3.8, 4) is 11.5 Å². The summed E-state index contributed by atoms with van der Waals surface area (Å²) in [6, 6.07) is 0. The summed E-state index contributed by atoms with van der Waals surface area (Å²) >= 11 is 1.67. The number of nitrogens with two attached hydrogens (primary N) is 1. The molecule has 1 saturated carbocycles. The number of anilines is 1. The highest BCUT2D eigenvalue weighted by Gasteiger charge is 2.43. The van der Waals surface area contributed by atoms with E-state index >= 15 is 0 Å². The molecule has 0 bridgehead atoms. The lowest BCUT2D eigenvalue weighted by molar-refractivity contribution is -0.0858. The highest BCUT2D eigenvalue weighted by Crippen LogP contribution is 2.45. The van der Waals surface area contributed by atoms with Gasteiger partial charge in [0.2, 0.25) is 5.82 Å². The maximum absolute atomic E-state index is 6.21. The minimum atomic E-state index is -0.341. The number of nitrogen functional groups attached to an aromatic ring is 1. The average Bonchev–Trinajstić information content (AvgIpc) is 3.01. The molecule has 2 aromatic heterocycles. The van der Waals surface area contributed by atoms with E-state index in [0.717, 1.165) is 42.7 Å². The molecule has 1 fully saturated rings. The van der Waals surface area contributed by atoms with Gasteiger partial charge in [-0.05, 0) is 50.5 Å². The predicted octanol–water partition coefficient (Wildman–Crippen LogP) is 3.28. The summed E-state index contributed by atoms with van der Waals surface area (Å²) in [5.41, 5.74) is 8.16. The molecular formula is C15H19N3O2S. The molecule has 0 aliphatic heterocycles. The third-order valence-electron chi connectivity index (χ3n) is 4.80. The van der Waals surface area contributed by atoms with E-state index < -0.39 is 0 Å². The fraction of sp³-hybridized carbons (Fsp3) is 0.600. The van der Waals surface area contributed by atoms with Crippen molar-refractivity contribution in [3.63, 3.8) is 0 Å². The Morgan fingerprint density at radius 3 is 2.76 bits per heavy atom. The van der Waals surface area contributed by atoms with Gasteiger partial charge >= 0.3 is 0 Å². The Labute approximate surface area is 127 Å². The van der Waals surface area contributed by atoms with Crippen LogP contribution < -0.4 is 5.73 Å². The van der Waals surface area contributed by atoms with Crippen molar-refractivity contribution in [2.45, 2.75) is 50.5 Å². The van der Waals surface area contributed by atoms with E-state index in [1.54, 1.807) is 18.4 Å². The number of fused-ring (bicyclic) bond motifs is 1. The Bertz CT molecular complexity index is 667. The number of nitrogens with zero attached hydrogens (tertiary/aromatic N) is 2. The van der Waals surface area contributed by atoms with Gasteiger partial charge in [-0.2, -0.15) is 4.98 Å². The van der Waals surface area contributed by atoms with Crippen molar-refractivity contribution in [1.29, 1.82) is 0 Å². The van der Waals surface area contributed by atoms with Crippen molar-refractivity contribution in [1.82, 2.24) is 10.1 Å². The molecule has 0 amide bonds. The van der Waals surface area contributed by atoms with Crippen molar-refractivity contribution < 1.29 is 9.26 Å². The lowest BCUT2D eigenvalue weighted by atomic mass is 9.79. The number of methoxy groups -OCH3 is 1. The van der Waals surface area contributed by atoms with Crippen molar-refractivity contribution >= 4 is 16.3 Å². The van der Waals surface area contributed by atoms with Crippen LogP contribution in [0.1, 0.15) is 48.4 Å². The van der Waals surface area contributed by atoms with Gasteiger partial charge in [0.1, 0.15) is 5.60 Å². The molecule has 0 atom stereocenters. The number of aryl methyl sites for hydroxylation is 1. The lowest BCUT2D eigenvalue weighted by Gasteiger charge is -2.37. The first-order valence-corrected chi connectivity index (χ1v) is 8.35. The van der Waals surface area contributed by atoms with Crippen LogP contribution in [0.5, 0.6) is 0 Å². The Morgan fingerprint density at radius 1 is 1.24 bits per heavy atom. The topological polar surface area (TPSA) is 74.2 Å². The van der Waals surface area contributed by atoms with Gasteiger partial charge in [-0.3, -0.25) is 0 Å². The van der Waals surface area contributed by atoms with Crippen LogP contribution in [0, 0.1) is 0 Å². The largest absolute Gasteiger partial charge is 0.390 e. The van der Waals surface area contributed by atoms with Crippen LogP contribution in [0.4, 0.5) is 5.00 Å². The summed E-state index contributed by atoms with van der Waals surface area (Å²) in [7, 11) is 1.72. The number of rotatable bonds is 3. The van der Waals surface area contributed by atoms with Gasteiger partial charge < -0.3 is 15.0 Å². The Hall–Kier alpha value is -1.40. The third-order valence-corrected chi connectivity index (χ3v) is 5.92.